The maximum atomic E-state index is 10.3. The molecule has 0 aromatic carbocycles. The molecule has 0 heterocycles. The van der Waals surface area contributed by atoms with Crippen LogP contribution in [0.1, 0.15) is 6.92 Å². The molecule has 0 aromatic rings. The Labute approximate surface area is 75.1 Å². The van der Waals surface area contributed by atoms with E-state index in [0.717, 1.165) is 6.92 Å². The van der Waals surface area contributed by atoms with Crippen molar-refractivity contribution in [3.8, 4) is 0 Å². The third-order valence-electron chi connectivity index (χ3n) is 1.78. The van der Waals surface area contributed by atoms with Gasteiger partial charge in [-0.05, 0) is 6.92 Å². The van der Waals surface area contributed by atoms with E-state index in [-0.39, 0.29) is 6.29 Å². The van der Waals surface area contributed by atoms with Crippen molar-refractivity contribution in [1.29, 1.82) is 0 Å². The van der Waals surface area contributed by atoms with Crippen molar-refractivity contribution in [2.45, 2.75) is 30.5 Å². The molecule has 0 fully saturated rings. The Balaban J connectivity index is 4.77. The summed E-state index contributed by atoms with van der Waals surface area (Å²) in [4.78, 5) is 10.3. The number of aliphatic hydroxyl groups excluding tert-OH is 2. The largest absolute Gasteiger partial charge is 0.389 e. The summed E-state index contributed by atoms with van der Waals surface area (Å²) in [5.41, 5.74) is 10.7. The fourth-order valence-corrected chi connectivity index (χ4v) is 0.693. The first-order chi connectivity index (χ1) is 5.66. The third-order valence-corrected chi connectivity index (χ3v) is 1.78. The molecule has 0 aliphatic carbocycles. The second kappa shape index (κ2) is 3.66. The van der Waals surface area contributed by atoms with Gasteiger partial charge in [0.05, 0.1) is 6.10 Å². The molecule has 0 aliphatic rings. The molecule has 9 N–H and O–H groups in total. The van der Waals surface area contributed by atoms with Crippen LogP contribution in [0.3, 0.4) is 0 Å². The molecule has 0 rings (SSSR count). The molecule has 78 valence electrons. The van der Waals surface area contributed by atoms with Gasteiger partial charge in [-0.3, -0.25) is 10.5 Å². The van der Waals surface area contributed by atoms with Crippen LogP contribution < -0.4 is 17.2 Å². The molecule has 13 heavy (non-hydrogen) atoms. The molecule has 0 unspecified atom stereocenters. The van der Waals surface area contributed by atoms with Crippen molar-refractivity contribution in [2.24, 2.45) is 17.2 Å². The van der Waals surface area contributed by atoms with Crippen molar-refractivity contribution in [3.05, 3.63) is 0 Å². The number of rotatable bonds is 4. The normalized spacial score (nSPS) is 21.8. The van der Waals surface area contributed by atoms with Crippen LogP contribution in [0.2, 0.25) is 0 Å². The number of hydrogen-bond donors (Lipinski definition) is 6. The number of hydrogen-bond acceptors (Lipinski definition) is 7. The summed E-state index contributed by atoms with van der Waals surface area (Å²) >= 11 is 0. The summed E-state index contributed by atoms with van der Waals surface area (Å²) in [5, 5.41) is 27.5. The van der Waals surface area contributed by atoms with Gasteiger partial charge < -0.3 is 26.8 Å². The summed E-state index contributed by atoms with van der Waals surface area (Å²) in [5.74, 6) is 0. The van der Waals surface area contributed by atoms with E-state index < -0.39 is 23.6 Å². The van der Waals surface area contributed by atoms with Gasteiger partial charge in [-0.1, -0.05) is 0 Å². The molecule has 0 saturated carbocycles. The second-order valence-electron chi connectivity index (χ2n) is 3.08. The maximum absolute atomic E-state index is 10.3. The van der Waals surface area contributed by atoms with E-state index in [1.165, 1.54) is 0 Å². The SMILES string of the molecule is C[C@@H](O)[C@@](N)(O)[C@H](O)C(N)(N)C=O. The minimum atomic E-state index is -2.43. The Morgan fingerprint density at radius 1 is 1.31 bits per heavy atom. The summed E-state index contributed by atoms with van der Waals surface area (Å²) in [7, 11) is 0. The smallest absolute Gasteiger partial charge is 0.169 e. The fourth-order valence-electron chi connectivity index (χ4n) is 0.693. The van der Waals surface area contributed by atoms with Gasteiger partial charge in [-0.25, -0.2) is 0 Å². The molecule has 0 bridgehead atoms. The van der Waals surface area contributed by atoms with Crippen LogP contribution in [-0.4, -0.2) is 45.2 Å². The molecule has 0 saturated heterocycles. The van der Waals surface area contributed by atoms with Gasteiger partial charge in [0.2, 0.25) is 0 Å². The minimum Gasteiger partial charge on any atom is -0.389 e. The van der Waals surface area contributed by atoms with Crippen molar-refractivity contribution in [2.75, 3.05) is 0 Å². The lowest BCUT2D eigenvalue weighted by atomic mass is 9.92. The van der Waals surface area contributed by atoms with Crippen LogP contribution in [0.5, 0.6) is 0 Å². The Bertz CT molecular complexity index is 192. The van der Waals surface area contributed by atoms with Crippen molar-refractivity contribution < 1.29 is 20.1 Å². The van der Waals surface area contributed by atoms with Crippen molar-refractivity contribution >= 4 is 6.29 Å². The zero-order valence-electron chi connectivity index (χ0n) is 7.21. The highest BCUT2D eigenvalue weighted by atomic mass is 16.4. The summed E-state index contributed by atoms with van der Waals surface area (Å²) in [6.07, 6.45) is -3.40. The molecule has 7 nitrogen and oxygen atoms in total. The summed E-state index contributed by atoms with van der Waals surface area (Å²) in [6, 6.07) is 0. The predicted octanol–water partition coefficient (Wildman–Crippen LogP) is -3.81. The molecule has 3 atom stereocenters. The quantitative estimate of drug-likeness (QED) is 0.197. The monoisotopic (exact) mass is 193 g/mol. The molecule has 0 radical (unpaired) electrons. The van der Waals surface area contributed by atoms with Crippen LogP contribution >= 0.6 is 0 Å². The molecular formula is C6H15N3O4. The maximum Gasteiger partial charge on any atom is 0.169 e. The first kappa shape index (κ1) is 12.4. The number of carbonyl (C=O) groups is 1. The first-order valence-electron chi connectivity index (χ1n) is 3.57. The molecule has 0 amide bonds. The zero-order valence-corrected chi connectivity index (χ0v) is 7.21. The highest BCUT2D eigenvalue weighted by Gasteiger charge is 2.46. The van der Waals surface area contributed by atoms with Gasteiger partial charge >= 0.3 is 0 Å². The van der Waals surface area contributed by atoms with Crippen LogP contribution in [-0.2, 0) is 4.79 Å². The lowest BCUT2D eigenvalue weighted by Gasteiger charge is -2.37. The standard InChI is InChI=1S/C6H15N3O4/c1-3(11)6(9,13)4(12)5(7,8)2-10/h2-4,11-13H,7-9H2,1H3/t3-,4-,6-/m1/s1. The number of aldehydes is 1. The Hall–Kier alpha value is -0.570. The molecule has 0 aliphatic heterocycles. The fraction of sp³-hybridized carbons (Fsp3) is 0.833. The summed E-state index contributed by atoms with van der Waals surface area (Å²) in [6.45, 7) is 1.13. The van der Waals surface area contributed by atoms with Crippen molar-refractivity contribution in [1.82, 2.24) is 0 Å². The highest BCUT2D eigenvalue weighted by Crippen LogP contribution is 2.14. The van der Waals surface area contributed by atoms with Gasteiger partial charge in [0.25, 0.3) is 0 Å². The average molecular weight is 193 g/mol. The van der Waals surface area contributed by atoms with Crippen LogP contribution in [0.4, 0.5) is 0 Å². The van der Waals surface area contributed by atoms with E-state index >= 15 is 0 Å². The van der Waals surface area contributed by atoms with Gasteiger partial charge in [0.15, 0.2) is 17.7 Å². The van der Waals surface area contributed by atoms with Crippen molar-refractivity contribution in [3.63, 3.8) is 0 Å². The van der Waals surface area contributed by atoms with Gasteiger partial charge in [-0.15, -0.1) is 0 Å². The molecule has 7 heteroatoms. The Kier molecular flexibility index (Phi) is 3.50. The average Bonchev–Trinajstić information content (AvgIpc) is 2.02. The Morgan fingerprint density at radius 3 is 1.92 bits per heavy atom. The van der Waals surface area contributed by atoms with Gasteiger partial charge in [0, 0.05) is 0 Å². The van der Waals surface area contributed by atoms with Crippen LogP contribution in [0.25, 0.3) is 0 Å². The van der Waals surface area contributed by atoms with E-state index in [1.807, 2.05) is 0 Å². The van der Waals surface area contributed by atoms with E-state index in [9.17, 15) is 15.0 Å². The highest BCUT2D eigenvalue weighted by molar-refractivity contribution is 5.64. The zero-order chi connectivity index (χ0) is 10.9. The van der Waals surface area contributed by atoms with E-state index in [4.69, 9.17) is 22.3 Å². The lowest BCUT2D eigenvalue weighted by molar-refractivity contribution is -0.161. The molecule has 0 spiro atoms. The van der Waals surface area contributed by atoms with E-state index in [0.29, 0.717) is 0 Å². The molecule has 0 aromatic heterocycles. The lowest BCUT2D eigenvalue weighted by Crippen LogP contribution is -2.73. The van der Waals surface area contributed by atoms with E-state index in [1.54, 1.807) is 0 Å². The second-order valence-corrected chi connectivity index (χ2v) is 3.08. The first-order valence-corrected chi connectivity index (χ1v) is 3.57. The van der Waals surface area contributed by atoms with Crippen LogP contribution in [0.15, 0.2) is 0 Å². The van der Waals surface area contributed by atoms with Gasteiger partial charge in [-0.2, -0.15) is 0 Å². The topological polar surface area (TPSA) is 156 Å². The number of carbonyl (C=O) groups excluding carboxylic acids is 1. The van der Waals surface area contributed by atoms with Gasteiger partial charge in [0.1, 0.15) is 6.10 Å². The van der Waals surface area contributed by atoms with E-state index in [2.05, 4.69) is 0 Å². The Morgan fingerprint density at radius 2 is 1.69 bits per heavy atom. The predicted molar refractivity (Wildman–Crippen MR) is 44.0 cm³/mol. The molecular weight excluding hydrogens is 178 g/mol. The summed E-state index contributed by atoms with van der Waals surface area (Å²) < 4.78 is 0. The number of nitrogens with two attached hydrogens (primary N) is 3. The third kappa shape index (κ3) is 2.44. The number of aliphatic hydroxyl groups is 3. The minimum absolute atomic E-state index is 0.0396. The van der Waals surface area contributed by atoms with Crippen LogP contribution in [0, 0.1) is 0 Å².